The summed E-state index contributed by atoms with van der Waals surface area (Å²) >= 11 is 0. The van der Waals surface area contributed by atoms with Gasteiger partial charge >= 0.3 is 12.7 Å². The number of hydrogen-bond donors (Lipinski definition) is 3. The van der Waals surface area contributed by atoms with Crippen LogP contribution in [0.4, 0.5) is 26.3 Å². The Morgan fingerprint density at radius 1 is 0.730 bits per heavy atom. The third kappa shape index (κ3) is 20.6. The number of nitrogens with zero attached hydrogens (tertiary/aromatic N) is 8. The van der Waals surface area contributed by atoms with Crippen molar-refractivity contribution in [1.29, 1.82) is 0 Å². The summed E-state index contributed by atoms with van der Waals surface area (Å²) in [6, 6.07) is 20.2. The fourth-order valence-corrected chi connectivity index (χ4v) is 13.4. The fraction of sp³-hybridized carbons (Fsp3) is 0.474. The Morgan fingerprint density at radius 2 is 1.18 bits per heavy atom. The molecule has 0 bridgehead atoms. The van der Waals surface area contributed by atoms with E-state index in [0.29, 0.717) is 45.8 Å². The van der Waals surface area contributed by atoms with E-state index in [2.05, 4.69) is 55.1 Å². The van der Waals surface area contributed by atoms with E-state index in [4.69, 9.17) is 31.0 Å². The van der Waals surface area contributed by atoms with Gasteiger partial charge < -0.3 is 23.7 Å². The topological polar surface area (TPSA) is 288 Å². The minimum Gasteiger partial charge on any atom is -0.457 e. The number of carbonyl (C=O) groups excluding carboxylic acids is 2. The highest BCUT2D eigenvalue weighted by atomic mass is 35.5. The van der Waals surface area contributed by atoms with Crippen LogP contribution in [0.2, 0.25) is 0 Å². The van der Waals surface area contributed by atoms with Gasteiger partial charge in [-0.25, -0.2) is 32.6 Å². The van der Waals surface area contributed by atoms with Gasteiger partial charge in [0.05, 0.1) is 22.0 Å². The van der Waals surface area contributed by atoms with Crippen LogP contribution in [0.5, 0.6) is 34.5 Å². The Balaban J connectivity index is 0.000000289. The second-order valence-electron chi connectivity index (χ2n) is 20.4. The lowest BCUT2D eigenvalue weighted by Gasteiger charge is -2.39. The van der Waals surface area contributed by atoms with E-state index in [0.717, 1.165) is 75.0 Å². The predicted octanol–water partition coefficient (Wildman–Crippen LogP) is 10.8. The summed E-state index contributed by atoms with van der Waals surface area (Å²) in [4.78, 5) is 37.9. The molecule has 5 aromatic rings. The number of carbonyl (C=O) groups is 2. The van der Waals surface area contributed by atoms with Crippen LogP contribution in [0.1, 0.15) is 90.2 Å². The Morgan fingerprint density at radius 3 is 1.60 bits per heavy atom. The highest BCUT2D eigenvalue weighted by Gasteiger charge is 2.54. The summed E-state index contributed by atoms with van der Waals surface area (Å²) in [7, 11) is -8.48. The van der Waals surface area contributed by atoms with Crippen LogP contribution in [0, 0.1) is 12.3 Å². The van der Waals surface area contributed by atoms with Crippen molar-refractivity contribution in [2.24, 2.45) is 5.11 Å². The van der Waals surface area contributed by atoms with Gasteiger partial charge in [0.1, 0.15) is 34.5 Å². The summed E-state index contributed by atoms with van der Waals surface area (Å²) in [6.07, 6.45) is 3.29. The van der Waals surface area contributed by atoms with Gasteiger partial charge in [-0.3, -0.25) is 29.3 Å². The number of benzene rings is 4. The number of rotatable bonds is 23. The molecular formula is C57H69ClF6N10O13S2. The molecule has 89 heavy (non-hydrogen) atoms. The Bertz CT molecular complexity index is 3350. The van der Waals surface area contributed by atoms with E-state index in [-0.39, 0.29) is 84.0 Å². The molecular weight excluding hydrogens is 1250 g/mol. The second-order valence-corrected chi connectivity index (χ2v) is 24.9. The van der Waals surface area contributed by atoms with Crippen molar-refractivity contribution in [2.45, 2.75) is 136 Å². The number of likely N-dealkylation sites (tertiary alicyclic amines) is 2. The number of aromatic nitrogens is 3. The number of hydrogen-bond acceptors (Lipinski definition) is 18. The van der Waals surface area contributed by atoms with Crippen molar-refractivity contribution in [1.82, 2.24) is 35.8 Å². The Hall–Kier alpha value is -7.40. The number of azide groups is 1. The van der Waals surface area contributed by atoms with Gasteiger partial charge in [-0.2, -0.15) is 0 Å². The van der Waals surface area contributed by atoms with Crippen LogP contribution in [0.25, 0.3) is 10.4 Å². The lowest BCUT2D eigenvalue weighted by molar-refractivity contribution is -0.275. The third-order valence-electron chi connectivity index (χ3n) is 14.3. The number of aryl methyl sites for hydroxylation is 1. The number of alkyl halides is 6. The molecule has 23 nitrogen and oxygen atoms in total. The summed E-state index contributed by atoms with van der Waals surface area (Å²) in [5.74, 6) is 0.800. The van der Waals surface area contributed by atoms with Gasteiger partial charge in [-0.15, -0.1) is 50.3 Å². The Labute approximate surface area is 517 Å². The molecule has 1 unspecified atom stereocenters. The minimum absolute atomic E-state index is 0. The fourth-order valence-electron chi connectivity index (χ4n) is 9.49. The Kier molecular flexibility index (Phi) is 27.2. The molecule has 4 aromatic carbocycles. The number of amides is 2. The second kappa shape index (κ2) is 33.4. The predicted molar refractivity (Wildman–Crippen MR) is 312 cm³/mol. The summed E-state index contributed by atoms with van der Waals surface area (Å²) in [5.41, 5.74) is 12.4. The van der Waals surface area contributed by atoms with Gasteiger partial charge in [0.2, 0.25) is 0 Å². The van der Waals surface area contributed by atoms with Crippen molar-refractivity contribution < 1.29 is 86.5 Å². The minimum atomic E-state index is -4.82. The molecule has 1 aromatic heterocycles. The zero-order valence-electron chi connectivity index (χ0n) is 48.5. The van der Waals surface area contributed by atoms with Crippen LogP contribution in [0.3, 0.4) is 0 Å². The first kappa shape index (κ1) is 72.3. The van der Waals surface area contributed by atoms with Crippen LogP contribution in [-0.2, 0) is 51.9 Å². The molecule has 3 saturated heterocycles. The maximum atomic E-state index is 13.9. The molecule has 3 aliphatic rings. The third-order valence-corrected chi connectivity index (χ3v) is 19.3. The summed E-state index contributed by atoms with van der Waals surface area (Å²) in [6.45, 7) is 7.95. The molecule has 8 rings (SSSR count). The van der Waals surface area contributed by atoms with Crippen molar-refractivity contribution in [3.05, 3.63) is 119 Å². The molecule has 486 valence electrons. The van der Waals surface area contributed by atoms with E-state index in [9.17, 15) is 58.0 Å². The molecule has 32 heteroatoms. The van der Waals surface area contributed by atoms with Crippen molar-refractivity contribution in [2.75, 3.05) is 45.9 Å². The molecule has 4 heterocycles. The monoisotopic (exact) mass is 1310 g/mol. The van der Waals surface area contributed by atoms with E-state index >= 15 is 0 Å². The zero-order valence-corrected chi connectivity index (χ0v) is 51.0. The first-order chi connectivity index (χ1) is 41.9. The van der Waals surface area contributed by atoms with E-state index in [1.807, 2.05) is 16.0 Å². The average molecular weight is 1320 g/mol. The number of hydroxylamine groups is 2. The quantitative estimate of drug-likeness (QED) is 0.00800. The van der Waals surface area contributed by atoms with Gasteiger partial charge in [-0.05, 0) is 154 Å². The number of ether oxygens (including phenoxy) is 5. The number of nitrogens with one attached hydrogen (secondary N) is 2. The normalized spacial score (nSPS) is 16.8. The first-order valence-electron chi connectivity index (χ1n) is 28.0. The van der Waals surface area contributed by atoms with Gasteiger partial charge in [0.25, 0.3) is 11.8 Å². The standard InChI is InChI=1S/C27H29F3N2O7S.C26H30F3N5O6S.C4H9N3.ClH/c1-2-16-32-17-14-26(15-18-32,25(33)31-39-24-5-3-4-19-36-24)40(34,35)23-12-10-21(11-13-23)37-20-6-8-22(9-7-20)38-27(28,29)30;1-2-3-14-34-18-19(30-32-34)17-33-15-12-25(13-16-33,24(35)31-36)41(37,38)23-10-8-21(9-11-23)39-20-4-6-22(7-5-20)40-26(27,28)29;1-2-3-4-6-7-5;/h1,6-13,24H,3-5,14-19H2,(H,31,33);4-11,18,36H,2-3,12-17H2,1H3,(H,31,35);2-4H2,1H3;1H. The molecule has 0 radical (unpaired) electrons. The van der Waals surface area contributed by atoms with E-state index in [1.54, 1.807) is 4.68 Å². The highest BCUT2D eigenvalue weighted by Crippen LogP contribution is 2.40. The van der Waals surface area contributed by atoms with Crippen LogP contribution in [0.15, 0.2) is 118 Å². The van der Waals surface area contributed by atoms with E-state index < -0.39 is 71.5 Å². The SMILES string of the molecule is C#CCN1CCC(C(=O)NOC2CCCCO2)(S(=O)(=O)c2ccc(Oc3ccc(OC(F)(F)F)cc3)cc2)CC1.CCCCN=[N+]=[N-].CCCCn1cc(CN2CCC(C(=O)NO)(S(=O)(=O)c3ccc(Oc4ccc(OC(F)(F)F)cc4)cc3)CC2)nn1.Cl. The zero-order chi connectivity index (χ0) is 64.0. The number of halogens is 7. The molecule has 0 spiro atoms. The summed E-state index contributed by atoms with van der Waals surface area (Å²) in [5, 5.41) is 21.1. The molecule has 0 aliphatic carbocycles. The average Bonchev–Trinajstić information content (AvgIpc) is 1.05. The maximum absolute atomic E-state index is 13.9. The van der Waals surface area contributed by atoms with Crippen LogP contribution in [-0.4, -0.2) is 133 Å². The van der Waals surface area contributed by atoms with Gasteiger partial charge in [0, 0.05) is 69.9 Å². The van der Waals surface area contributed by atoms with Crippen LogP contribution >= 0.6 is 12.4 Å². The first-order valence-corrected chi connectivity index (χ1v) is 30.9. The summed E-state index contributed by atoms with van der Waals surface area (Å²) < 4.78 is 152. The van der Waals surface area contributed by atoms with Gasteiger partial charge in [0.15, 0.2) is 35.5 Å². The lowest BCUT2D eigenvalue weighted by Crippen LogP contribution is -2.58. The molecule has 2 amide bonds. The van der Waals surface area contributed by atoms with E-state index in [1.165, 1.54) is 78.3 Å². The molecule has 1 atom stereocenters. The van der Waals surface area contributed by atoms with Gasteiger partial charge in [-0.1, -0.05) is 42.9 Å². The van der Waals surface area contributed by atoms with Crippen molar-refractivity contribution in [3.63, 3.8) is 0 Å². The highest BCUT2D eigenvalue weighted by molar-refractivity contribution is 7.94. The van der Waals surface area contributed by atoms with Crippen LogP contribution < -0.4 is 29.9 Å². The molecule has 3 aliphatic heterocycles. The largest absolute Gasteiger partial charge is 0.573 e. The molecule has 3 fully saturated rings. The smallest absolute Gasteiger partial charge is 0.457 e. The molecule has 3 N–H and O–H groups in total. The van der Waals surface area contributed by atoms with Crippen molar-refractivity contribution in [3.8, 4) is 46.8 Å². The number of terminal acetylenes is 1. The molecule has 0 saturated carbocycles. The maximum Gasteiger partial charge on any atom is 0.573 e. The van der Waals surface area contributed by atoms with Crippen molar-refractivity contribution >= 4 is 43.9 Å². The lowest BCUT2D eigenvalue weighted by atomic mass is 9.94. The number of piperidine rings is 2. The number of sulfone groups is 2. The number of unbranched alkanes of at least 4 members (excludes halogenated alkanes) is 2.